The van der Waals surface area contributed by atoms with Crippen LogP contribution < -0.4 is 10.5 Å². The first kappa shape index (κ1) is 21.4. The first-order chi connectivity index (χ1) is 14.8. The number of thiophene rings is 1. The summed E-state index contributed by atoms with van der Waals surface area (Å²) >= 11 is 7.38. The second-order valence-corrected chi connectivity index (χ2v) is 9.42. The highest BCUT2D eigenvalue weighted by atomic mass is 35.5. The fraction of sp³-hybridized carbons (Fsp3) is 0.250. The molecule has 0 saturated heterocycles. The summed E-state index contributed by atoms with van der Waals surface area (Å²) in [5.74, 6) is -0.471. The predicted octanol–water partition coefficient (Wildman–Crippen LogP) is 5.60. The number of carbonyl (C=O) groups excluding carboxylic acids is 1. The minimum absolute atomic E-state index is 0.182. The summed E-state index contributed by atoms with van der Waals surface area (Å²) in [7, 11) is 1.59. The molecular weight excluding hydrogens is 434 g/mol. The van der Waals surface area contributed by atoms with E-state index in [0.29, 0.717) is 26.9 Å². The Morgan fingerprint density at radius 3 is 2.42 bits per heavy atom. The Morgan fingerprint density at radius 1 is 1.19 bits per heavy atom. The molecule has 0 aliphatic heterocycles. The second-order valence-electron chi connectivity index (χ2n) is 7.74. The molecular formula is C24H22ClNO4S. The Labute approximate surface area is 189 Å². The van der Waals surface area contributed by atoms with Gasteiger partial charge in [0.2, 0.25) is 5.91 Å². The number of primary amides is 1. The molecule has 0 spiro atoms. The maximum atomic E-state index is 11.9. The van der Waals surface area contributed by atoms with Gasteiger partial charge < -0.3 is 15.6 Å². The largest absolute Gasteiger partial charge is 0.496 e. The lowest BCUT2D eigenvalue weighted by molar-refractivity contribution is -0.140. The predicted molar refractivity (Wildman–Crippen MR) is 123 cm³/mol. The molecule has 3 aromatic rings. The molecule has 1 saturated carbocycles. The lowest BCUT2D eigenvalue weighted by Gasteiger charge is -2.15. The minimum atomic E-state index is -0.759. The first-order valence-electron chi connectivity index (χ1n) is 9.93. The van der Waals surface area contributed by atoms with E-state index in [0.717, 1.165) is 28.7 Å². The summed E-state index contributed by atoms with van der Waals surface area (Å²) < 4.78 is 6.10. The number of benzene rings is 2. The number of halogens is 1. The first-order valence-corrected chi connectivity index (χ1v) is 11.1. The highest BCUT2D eigenvalue weighted by Gasteiger charge is 2.60. The summed E-state index contributed by atoms with van der Waals surface area (Å²) in [5.41, 5.74) is 8.52. The van der Waals surface area contributed by atoms with Gasteiger partial charge in [-0.3, -0.25) is 9.59 Å². The lowest BCUT2D eigenvalue weighted by atomic mass is 9.90. The molecule has 0 bridgehead atoms. The fourth-order valence-corrected chi connectivity index (χ4v) is 5.56. The van der Waals surface area contributed by atoms with E-state index in [1.807, 2.05) is 49.4 Å². The Kier molecular flexibility index (Phi) is 5.54. The molecule has 31 heavy (non-hydrogen) atoms. The average Bonchev–Trinajstić information content (AvgIpc) is 3.40. The van der Waals surface area contributed by atoms with Crippen molar-refractivity contribution in [3.63, 3.8) is 0 Å². The Bertz CT molecular complexity index is 1170. The normalized spacial score (nSPS) is 19.8. The van der Waals surface area contributed by atoms with Crippen LogP contribution in [-0.2, 0) is 10.2 Å². The highest BCUT2D eigenvalue weighted by Crippen LogP contribution is 2.56. The van der Waals surface area contributed by atoms with Crippen LogP contribution in [0.3, 0.4) is 0 Å². The van der Waals surface area contributed by atoms with Crippen molar-refractivity contribution in [3.05, 3.63) is 64.0 Å². The number of rotatable bonds is 7. The van der Waals surface area contributed by atoms with Crippen LogP contribution in [0.5, 0.6) is 5.75 Å². The summed E-state index contributed by atoms with van der Waals surface area (Å²) in [4.78, 5) is 24.4. The zero-order valence-electron chi connectivity index (χ0n) is 17.1. The van der Waals surface area contributed by atoms with Gasteiger partial charge in [-0.05, 0) is 41.2 Å². The van der Waals surface area contributed by atoms with Crippen LogP contribution in [-0.4, -0.2) is 24.1 Å². The zero-order chi connectivity index (χ0) is 22.3. The van der Waals surface area contributed by atoms with Crippen molar-refractivity contribution >= 4 is 34.8 Å². The van der Waals surface area contributed by atoms with Crippen LogP contribution in [0.2, 0.25) is 4.34 Å². The van der Waals surface area contributed by atoms with Gasteiger partial charge in [0.1, 0.15) is 5.75 Å². The maximum absolute atomic E-state index is 11.9. The van der Waals surface area contributed by atoms with Crippen molar-refractivity contribution in [2.75, 3.05) is 7.11 Å². The maximum Gasteiger partial charge on any atom is 0.314 e. The average molecular weight is 456 g/mol. The SMILES string of the molecule is CCC1CC1(C(=O)O)c1ccc(-c2ccc(-c3sc(Cl)cc3C(N)=O)cc2OC)cc1. The third kappa shape index (κ3) is 3.60. The fourth-order valence-electron chi connectivity index (χ4n) is 4.34. The van der Waals surface area contributed by atoms with E-state index < -0.39 is 17.3 Å². The molecule has 5 nitrogen and oxygen atoms in total. The van der Waals surface area contributed by atoms with Gasteiger partial charge in [-0.25, -0.2) is 0 Å². The number of carboxylic acids is 1. The van der Waals surface area contributed by atoms with Crippen LogP contribution in [0.1, 0.15) is 35.7 Å². The van der Waals surface area contributed by atoms with Crippen LogP contribution in [0.15, 0.2) is 48.5 Å². The summed E-state index contributed by atoms with van der Waals surface area (Å²) in [5, 5.41) is 9.77. The number of hydrogen-bond donors (Lipinski definition) is 2. The van der Waals surface area contributed by atoms with E-state index in [1.54, 1.807) is 13.2 Å². The molecule has 1 aromatic heterocycles. The number of methoxy groups -OCH3 is 1. The standard InChI is InChI=1S/C24H22ClNO4S/c1-3-15-12-24(15,23(28)29)16-7-4-13(5-8-16)17-9-6-14(10-19(17)30-2)21-18(22(26)27)11-20(25)31-21/h4-11,15H,3,12H2,1-2H3,(H2,26,27)(H,28,29). The topological polar surface area (TPSA) is 89.6 Å². The van der Waals surface area contributed by atoms with Crippen molar-refractivity contribution in [1.29, 1.82) is 0 Å². The molecule has 1 fully saturated rings. The summed E-state index contributed by atoms with van der Waals surface area (Å²) in [6, 6.07) is 14.9. The van der Waals surface area contributed by atoms with Gasteiger partial charge >= 0.3 is 5.97 Å². The van der Waals surface area contributed by atoms with Crippen molar-refractivity contribution in [1.82, 2.24) is 0 Å². The van der Waals surface area contributed by atoms with E-state index in [-0.39, 0.29) is 5.92 Å². The number of carbonyl (C=O) groups is 2. The molecule has 2 atom stereocenters. The number of amides is 1. The molecule has 3 N–H and O–H groups in total. The minimum Gasteiger partial charge on any atom is -0.496 e. The second kappa shape index (κ2) is 8.02. The number of carboxylic acid groups (broad SMARTS) is 1. The van der Waals surface area contributed by atoms with E-state index in [4.69, 9.17) is 22.1 Å². The molecule has 1 aliphatic rings. The van der Waals surface area contributed by atoms with Gasteiger partial charge in [0.15, 0.2) is 0 Å². The van der Waals surface area contributed by atoms with Crippen LogP contribution >= 0.6 is 22.9 Å². The van der Waals surface area contributed by atoms with E-state index in [2.05, 4.69) is 0 Å². The molecule has 2 unspecified atom stereocenters. The quantitative estimate of drug-likeness (QED) is 0.485. The van der Waals surface area contributed by atoms with Gasteiger partial charge in [0.25, 0.3) is 0 Å². The molecule has 1 heterocycles. The Hall–Kier alpha value is -2.83. The van der Waals surface area contributed by atoms with Crippen LogP contribution in [0, 0.1) is 5.92 Å². The zero-order valence-corrected chi connectivity index (χ0v) is 18.7. The van der Waals surface area contributed by atoms with Gasteiger partial charge in [-0.1, -0.05) is 61.3 Å². The third-order valence-corrected chi connectivity index (χ3v) is 7.43. The number of hydrogen-bond acceptors (Lipinski definition) is 4. The van der Waals surface area contributed by atoms with E-state index in [9.17, 15) is 14.7 Å². The molecule has 160 valence electrons. The number of ether oxygens (including phenoxy) is 1. The molecule has 1 amide bonds. The van der Waals surface area contributed by atoms with Crippen LogP contribution in [0.25, 0.3) is 21.6 Å². The molecule has 2 aromatic carbocycles. The highest BCUT2D eigenvalue weighted by molar-refractivity contribution is 7.19. The van der Waals surface area contributed by atoms with Crippen molar-refractivity contribution in [2.24, 2.45) is 11.7 Å². The van der Waals surface area contributed by atoms with Crippen LogP contribution in [0.4, 0.5) is 0 Å². The third-order valence-electron chi connectivity index (χ3n) is 6.12. The molecule has 4 rings (SSSR count). The van der Waals surface area contributed by atoms with Gasteiger partial charge in [-0.15, -0.1) is 11.3 Å². The molecule has 1 aliphatic carbocycles. The van der Waals surface area contributed by atoms with Gasteiger partial charge in [-0.2, -0.15) is 0 Å². The van der Waals surface area contributed by atoms with Crippen molar-refractivity contribution < 1.29 is 19.4 Å². The Balaban J connectivity index is 1.70. The number of aliphatic carboxylic acids is 1. The number of nitrogens with two attached hydrogens (primary N) is 1. The Morgan fingerprint density at radius 2 is 1.87 bits per heavy atom. The van der Waals surface area contributed by atoms with E-state index >= 15 is 0 Å². The molecule has 0 radical (unpaired) electrons. The molecule has 7 heteroatoms. The smallest absolute Gasteiger partial charge is 0.314 e. The summed E-state index contributed by atoms with van der Waals surface area (Å²) in [6.07, 6.45) is 1.53. The summed E-state index contributed by atoms with van der Waals surface area (Å²) in [6.45, 7) is 2.03. The van der Waals surface area contributed by atoms with Gasteiger partial charge in [0.05, 0.1) is 22.4 Å². The lowest BCUT2D eigenvalue weighted by Crippen LogP contribution is -2.22. The van der Waals surface area contributed by atoms with E-state index in [1.165, 1.54) is 11.3 Å². The van der Waals surface area contributed by atoms with Gasteiger partial charge in [0, 0.05) is 10.4 Å². The van der Waals surface area contributed by atoms with Crippen molar-refractivity contribution in [2.45, 2.75) is 25.2 Å². The van der Waals surface area contributed by atoms with Crippen molar-refractivity contribution in [3.8, 4) is 27.3 Å². The monoisotopic (exact) mass is 455 g/mol.